The Morgan fingerprint density at radius 3 is 2.30 bits per heavy atom. The van der Waals surface area contributed by atoms with Crippen LogP contribution in [0, 0.1) is 11.3 Å². The van der Waals surface area contributed by atoms with Crippen LogP contribution in [0.5, 0.6) is 0 Å². The highest BCUT2D eigenvalue weighted by Gasteiger charge is 2.34. The van der Waals surface area contributed by atoms with Gasteiger partial charge in [0.15, 0.2) is 0 Å². The van der Waals surface area contributed by atoms with Crippen molar-refractivity contribution >= 4 is 11.8 Å². The van der Waals surface area contributed by atoms with Crippen molar-refractivity contribution in [2.24, 2.45) is 17.1 Å². The first kappa shape index (κ1) is 18.9. The standard InChI is InChI=1S/C15H31N3O2/c1-6-15(5,14(20)17-9-7-8-16)10-12(4)13(19)18-11(2)3/h11-12H,6-10,16H2,1-5H3,(H,17,20)(H,18,19). The SMILES string of the molecule is CCC(C)(CC(C)C(=O)NC(C)C)C(=O)NCCCN. The zero-order valence-electron chi connectivity index (χ0n) is 13.6. The molecule has 118 valence electrons. The van der Waals surface area contributed by atoms with Gasteiger partial charge in [-0.3, -0.25) is 9.59 Å². The van der Waals surface area contributed by atoms with Gasteiger partial charge in [-0.15, -0.1) is 0 Å². The van der Waals surface area contributed by atoms with Crippen molar-refractivity contribution in [3.05, 3.63) is 0 Å². The van der Waals surface area contributed by atoms with Crippen molar-refractivity contribution in [3.63, 3.8) is 0 Å². The zero-order valence-corrected chi connectivity index (χ0v) is 13.6. The third kappa shape index (κ3) is 6.37. The summed E-state index contributed by atoms with van der Waals surface area (Å²) in [6.07, 6.45) is 2.03. The quantitative estimate of drug-likeness (QED) is 0.560. The van der Waals surface area contributed by atoms with Gasteiger partial charge < -0.3 is 16.4 Å². The fourth-order valence-corrected chi connectivity index (χ4v) is 2.11. The van der Waals surface area contributed by atoms with E-state index in [2.05, 4.69) is 10.6 Å². The number of hydrogen-bond acceptors (Lipinski definition) is 3. The second-order valence-corrected chi connectivity index (χ2v) is 6.08. The van der Waals surface area contributed by atoms with Crippen molar-refractivity contribution in [1.82, 2.24) is 10.6 Å². The summed E-state index contributed by atoms with van der Waals surface area (Å²) in [4.78, 5) is 24.2. The van der Waals surface area contributed by atoms with Crippen LogP contribution in [-0.4, -0.2) is 30.9 Å². The number of amides is 2. The second-order valence-electron chi connectivity index (χ2n) is 6.08. The van der Waals surface area contributed by atoms with Gasteiger partial charge in [0.05, 0.1) is 0 Å². The molecule has 5 heteroatoms. The van der Waals surface area contributed by atoms with Crippen LogP contribution in [0.1, 0.15) is 53.9 Å². The summed E-state index contributed by atoms with van der Waals surface area (Å²) in [6, 6.07) is 0.121. The van der Waals surface area contributed by atoms with Gasteiger partial charge in [-0.25, -0.2) is 0 Å². The average molecular weight is 285 g/mol. The van der Waals surface area contributed by atoms with E-state index in [1.807, 2.05) is 34.6 Å². The van der Waals surface area contributed by atoms with E-state index < -0.39 is 5.41 Å². The normalized spacial score (nSPS) is 15.6. The molecule has 2 amide bonds. The van der Waals surface area contributed by atoms with E-state index in [0.717, 1.165) is 6.42 Å². The van der Waals surface area contributed by atoms with Crippen LogP contribution in [0.25, 0.3) is 0 Å². The summed E-state index contributed by atoms with van der Waals surface area (Å²) in [6.45, 7) is 10.8. The third-order valence-corrected chi connectivity index (χ3v) is 3.63. The van der Waals surface area contributed by atoms with Gasteiger partial charge in [-0.05, 0) is 39.7 Å². The number of nitrogens with two attached hydrogens (primary N) is 1. The topological polar surface area (TPSA) is 84.2 Å². The molecule has 0 saturated heterocycles. The third-order valence-electron chi connectivity index (χ3n) is 3.63. The van der Waals surface area contributed by atoms with Crippen LogP contribution in [0.15, 0.2) is 0 Å². The van der Waals surface area contributed by atoms with Gasteiger partial charge in [0.2, 0.25) is 11.8 Å². The van der Waals surface area contributed by atoms with Crippen LogP contribution < -0.4 is 16.4 Å². The first-order valence-corrected chi connectivity index (χ1v) is 7.55. The summed E-state index contributed by atoms with van der Waals surface area (Å²) in [7, 11) is 0. The molecular weight excluding hydrogens is 254 g/mol. The molecule has 0 aliphatic rings. The number of hydrogen-bond donors (Lipinski definition) is 3. The molecule has 2 atom stereocenters. The van der Waals surface area contributed by atoms with E-state index in [1.54, 1.807) is 0 Å². The van der Waals surface area contributed by atoms with Crippen LogP contribution >= 0.6 is 0 Å². The minimum absolute atomic E-state index is 0.00873. The lowest BCUT2D eigenvalue weighted by molar-refractivity contribution is -0.133. The Labute approximate surface area is 123 Å². The van der Waals surface area contributed by atoms with E-state index >= 15 is 0 Å². The molecule has 5 nitrogen and oxygen atoms in total. The fraction of sp³-hybridized carbons (Fsp3) is 0.867. The number of carbonyl (C=O) groups excluding carboxylic acids is 2. The molecule has 0 saturated carbocycles. The van der Waals surface area contributed by atoms with Crippen LogP contribution in [0.3, 0.4) is 0 Å². The van der Waals surface area contributed by atoms with Gasteiger partial charge in [-0.2, -0.15) is 0 Å². The number of nitrogens with one attached hydrogen (secondary N) is 2. The van der Waals surface area contributed by atoms with Gasteiger partial charge in [0.25, 0.3) is 0 Å². The molecular formula is C15H31N3O2. The Bertz CT molecular complexity index is 318. The molecule has 0 radical (unpaired) electrons. The van der Waals surface area contributed by atoms with Crippen molar-refractivity contribution in [1.29, 1.82) is 0 Å². The molecule has 4 N–H and O–H groups in total. The minimum Gasteiger partial charge on any atom is -0.356 e. The van der Waals surface area contributed by atoms with E-state index in [-0.39, 0.29) is 23.8 Å². The van der Waals surface area contributed by atoms with E-state index in [0.29, 0.717) is 25.9 Å². The molecule has 0 aliphatic carbocycles. The van der Waals surface area contributed by atoms with E-state index in [4.69, 9.17) is 5.73 Å². The molecule has 0 fully saturated rings. The molecule has 0 spiro atoms. The highest BCUT2D eigenvalue weighted by atomic mass is 16.2. The van der Waals surface area contributed by atoms with Crippen LogP contribution in [0.4, 0.5) is 0 Å². The molecule has 2 unspecified atom stereocenters. The summed E-state index contributed by atoms with van der Waals surface area (Å²) < 4.78 is 0. The van der Waals surface area contributed by atoms with Crippen LogP contribution in [-0.2, 0) is 9.59 Å². The highest BCUT2D eigenvalue weighted by Crippen LogP contribution is 2.30. The Morgan fingerprint density at radius 1 is 1.25 bits per heavy atom. The summed E-state index contributed by atoms with van der Waals surface area (Å²) >= 11 is 0. The molecule has 0 heterocycles. The van der Waals surface area contributed by atoms with E-state index in [9.17, 15) is 9.59 Å². The molecule has 0 aromatic heterocycles. The number of carbonyl (C=O) groups is 2. The van der Waals surface area contributed by atoms with Crippen molar-refractivity contribution in [3.8, 4) is 0 Å². The second kappa shape index (κ2) is 8.95. The lowest BCUT2D eigenvalue weighted by atomic mass is 9.78. The van der Waals surface area contributed by atoms with Crippen molar-refractivity contribution < 1.29 is 9.59 Å². The Hall–Kier alpha value is -1.10. The van der Waals surface area contributed by atoms with Gasteiger partial charge in [0.1, 0.15) is 0 Å². The van der Waals surface area contributed by atoms with Crippen molar-refractivity contribution in [2.75, 3.05) is 13.1 Å². The summed E-state index contributed by atoms with van der Waals surface area (Å²) in [5.41, 5.74) is 4.91. The molecule has 0 aromatic carbocycles. The number of rotatable bonds is 9. The van der Waals surface area contributed by atoms with Gasteiger partial charge >= 0.3 is 0 Å². The maximum atomic E-state index is 12.3. The molecule has 0 aliphatic heterocycles. The minimum atomic E-state index is -0.512. The average Bonchev–Trinajstić information content (AvgIpc) is 2.37. The summed E-state index contributed by atoms with van der Waals surface area (Å²) in [5.74, 6) is -0.158. The molecule has 20 heavy (non-hydrogen) atoms. The highest BCUT2D eigenvalue weighted by molar-refractivity contribution is 5.84. The van der Waals surface area contributed by atoms with Crippen LogP contribution in [0.2, 0.25) is 0 Å². The summed E-state index contributed by atoms with van der Waals surface area (Å²) in [5, 5.41) is 5.80. The maximum absolute atomic E-state index is 12.3. The fourth-order valence-electron chi connectivity index (χ4n) is 2.11. The first-order chi connectivity index (χ1) is 9.26. The van der Waals surface area contributed by atoms with Crippen molar-refractivity contribution in [2.45, 2.75) is 59.9 Å². The lowest BCUT2D eigenvalue weighted by Crippen LogP contribution is -2.43. The van der Waals surface area contributed by atoms with Gasteiger partial charge in [0, 0.05) is 23.9 Å². The monoisotopic (exact) mass is 285 g/mol. The lowest BCUT2D eigenvalue weighted by Gasteiger charge is -2.29. The van der Waals surface area contributed by atoms with Gasteiger partial charge in [-0.1, -0.05) is 20.8 Å². The smallest absolute Gasteiger partial charge is 0.225 e. The predicted octanol–water partition coefficient (Wildman–Crippen LogP) is 1.42. The Morgan fingerprint density at radius 2 is 1.85 bits per heavy atom. The molecule has 0 aromatic rings. The Kier molecular flexibility index (Phi) is 8.46. The molecule has 0 bridgehead atoms. The maximum Gasteiger partial charge on any atom is 0.225 e. The predicted molar refractivity (Wildman–Crippen MR) is 82.1 cm³/mol. The largest absolute Gasteiger partial charge is 0.356 e. The van der Waals surface area contributed by atoms with E-state index in [1.165, 1.54) is 0 Å². The Balaban J connectivity index is 4.55. The zero-order chi connectivity index (χ0) is 15.8. The first-order valence-electron chi connectivity index (χ1n) is 7.55. The molecule has 0 rings (SSSR count).